The summed E-state index contributed by atoms with van der Waals surface area (Å²) in [6.45, 7) is 0.925. The first-order valence-electron chi connectivity index (χ1n) is 11.3. The fraction of sp³-hybridized carbons (Fsp3) is 0.280. The Morgan fingerprint density at radius 1 is 0.912 bits per heavy atom. The zero-order valence-electron chi connectivity index (χ0n) is 18.6. The van der Waals surface area contributed by atoms with Crippen molar-refractivity contribution in [1.82, 2.24) is 23.6 Å². The van der Waals surface area contributed by atoms with Crippen molar-refractivity contribution in [1.29, 1.82) is 0 Å². The van der Waals surface area contributed by atoms with E-state index in [0.29, 0.717) is 32.5 Å². The molecule has 1 amide bonds. The molecule has 1 aliphatic rings. The fourth-order valence-electron chi connectivity index (χ4n) is 4.65. The van der Waals surface area contributed by atoms with Crippen LogP contribution in [-0.2, 0) is 17.9 Å². The average molecular weight is 460 g/mol. The number of aromatic amines is 1. The molecule has 4 aromatic rings. The molecule has 9 nitrogen and oxygen atoms in total. The Balaban J connectivity index is 1.29. The molecule has 1 fully saturated rings. The van der Waals surface area contributed by atoms with Gasteiger partial charge in [-0.25, -0.2) is 9.59 Å². The van der Waals surface area contributed by atoms with Crippen molar-refractivity contribution in [2.24, 2.45) is 0 Å². The SMILES string of the molecule is O=C(Cn1c(=O)ccn(Cc2ccccc2)c1=O)N1CCC(n2c(=O)[nH]c3ccccc32)CC1. The van der Waals surface area contributed by atoms with Crippen molar-refractivity contribution in [2.75, 3.05) is 13.1 Å². The number of hydrogen-bond donors (Lipinski definition) is 1. The van der Waals surface area contributed by atoms with Crippen molar-refractivity contribution in [3.05, 3.63) is 104 Å². The lowest BCUT2D eigenvalue weighted by molar-refractivity contribution is -0.133. The Labute approximate surface area is 194 Å². The fourth-order valence-corrected chi connectivity index (χ4v) is 4.65. The largest absolute Gasteiger partial charge is 0.341 e. The number of carbonyl (C=O) groups excluding carboxylic acids is 1. The number of benzene rings is 2. The minimum atomic E-state index is -0.509. The minimum absolute atomic E-state index is 0.0183. The van der Waals surface area contributed by atoms with E-state index in [1.54, 1.807) is 9.47 Å². The molecule has 9 heteroatoms. The molecular weight excluding hydrogens is 434 g/mol. The molecule has 3 heterocycles. The van der Waals surface area contributed by atoms with E-state index in [0.717, 1.165) is 21.2 Å². The van der Waals surface area contributed by atoms with Crippen LogP contribution in [0.25, 0.3) is 11.0 Å². The summed E-state index contributed by atoms with van der Waals surface area (Å²) in [6, 6.07) is 18.3. The third-order valence-electron chi connectivity index (χ3n) is 6.44. The molecule has 1 saturated heterocycles. The van der Waals surface area contributed by atoms with Gasteiger partial charge in [-0.2, -0.15) is 0 Å². The summed E-state index contributed by atoms with van der Waals surface area (Å²) in [5.74, 6) is -0.276. The predicted octanol–water partition coefficient (Wildman–Crippen LogP) is 1.56. The van der Waals surface area contributed by atoms with Crippen LogP contribution >= 0.6 is 0 Å². The number of para-hydroxylation sites is 2. The summed E-state index contributed by atoms with van der Waals surface area (Å²) in [4.78, 5) is 55.2. The Hall–Kier alpha value is -4.14. The lowest BCUT2D eigenvalue weighted by Crippen LogP contribution is -2.46. The van der Waals surface area contributed by atoms with Crippen LogP contribution in [0.3, 0.4) is 0 Å². The van der Waals surface area contributed by atoms with Crippen molar-refractivity contribution < 1.29 is 4.79 Å². The van der Waals surface area contributed by atoms with Gasteiger partial charge in [0.25, 0.3) is 5.56 Å². The van der Waals surface area contributed by atoms with E-state index < -0.39 is 11.2 Å². The van der Waals surface area contributed by atoms with E-state index in [-0.39, 0.29) is 24.2 Å². The number of amides is 1. The van der Waals surface area contributed by atoms with Crippen molar-refractivity contribution in [3.63, 3.8) is 0 Å². The minimum Gasteiger partial charge on any atom is -0.341 e. The zero-order valence-corrected chi connectivity index (χ0v) is 18.6. The number of nitrogens with one attached hydrogen (secondary N) is 1. The van der Waals surface area contributed by atoms with E-state index >= 15 is 0 Å². The molecule has 2 aromatic heterocycles. The third kappa shape index (κ3) is 4.12. The number of fused-ring (bicyclic) bond motifs is 1. The van der Waals surface area contributed by atoms with Crippen LogP contribution in [0.5, 0.6) is 0 Å². The van der Waals surface area contributed by atoms with Crippen LogP contribution in [0.15, 0.2) is 81.2 Å². The number of hydrogen-bond acceptors (Lipinski definition) is 4. The molecule has 0 bridgehead atoms. The summed E-state index contributed by atoms with van der Waals surface area (Å²) in [5, 5.41) is 0. The highest BCUT2D eigenvalue weighted by atomic mass is 16.2. The standard InChI is InChI=1S/C25H25N5O4/c31-22-12-15-28(16-18-6-2-1-3-7-18)25(34)29(22)17-23(32)27-13-10-19(11-14-27)30-21-9-5-4-8-20(21)26-24(30)33/h1-9,12,15,19H,10-11,13-14,16-17H2,(H,26,33). The second kappa shape index (κ2) is 9.01. The molecule has 0 aliphatic carbocycles. The van der Waals surface area contributed by atoms with Crippen molar-refractivity contribution in [2.45, 2.75) is 32.0 Å². The van der Waals surface area contributed by atoms with Gasteiger partial charge in [-0.05, 0) is 30.5 Å². The zero-order chi connectivity index (χ0) is 23.7. The van der Waals surface area contributed by atoms with Gasteiger partial charge in [0, 0.05) is 31.4 Å². The maximum Gasteiger partial charge on any atom is 0.331 e. The first-order chi connectivity index (χ1) is 16.5. The highest BCUT2D eigenvalue weighted by Gasteiger charge is 2.26. The smallest absolute Gasteiger partial charge is 0.331 e. The number of imidazole rings is 1. The number of likely N-dealkylation sites (tertiary alicyclic amines) is 1. The van der Waals surface area contributed by atoms with Gasteiger partial charge in [0.05, 0.1) is 17.6 Å². The van der Waals surface area contributed by atoms with E-state index in [1.807, 2.05) is 54.6 Å². The second-order valence-corrected chi connectivity index (χ2v) is 8.57. The second-order valence-electron chi connectivity index (χ2n) is 8.57. The maximum absolute atomic E-state index is 13.0. The van der Waals surface area contributed by atoms with Gasteiger partial charge >= 0.3 is 11.4 Å². The van der Waals surface area contributed by atoms with Gasteiger partial charge in [0.15, 0.2) is 0 Å². The van der Waals surface area contributed by atoms with E-state index in [2.05, 4.69) is 4.98 Å². The summed E-state index contributed by atoms with van der Waals surface area (Å²) < 4.78 is 4.18. The molecule has 0 atom stereocenters. The molecule has 2 aromatic carbocycles. The number of nitrogens with zero attached hydrogens (tertiary/aromatic N) is 4. The molecular formula is C25H25N5O4. The van der Waals surface area contributed by atoms with Crippen LogP contribution in [0.1, 0.15) is 24.4 Å². The lowest BCUT2D eigenvalue weighted by Gasteiger charge is -2.32. The molecule has 5 rings (SSSR count). The van der Waals surface area contributed by atoms with Gasteiger partial charge in [-0.15, -0.1) is 0 Å². The molecule has 0 radical (unpaired) electrons. The lowest BCUT2D eigenvalue weighted by atomic mass is 10.0. The molecule has 0 unspecified atom stereocenters. The number of aromatic nitrogens is 4. The van der Waals surface area contributed by atoms with Gasteiger partial charge < -0.3 is 9.88 Å². The normalized spacial score (nSPS) is 14.5. The van der Waals surface area contributed by atoms with E-state index in [1.165, 1.54) is 16.8 Å². The van der Waals surface area contributed by atoms with Crippen molar-refractivity contribution in [3.8, 4) is 0 Å². The van der Waals surface area contributed by atoms with Crippen LogP contribution in [0.2, 0.25) is 0 Å². The van der Waals surface area contributed by atoms with Gasteiger partial charge in [-0.1, -0.05) is 42.5 Å². The van der Waals surface area contributed by atoms with E-state index in [4.69, 9.17) is 0 Å². The summed E-state index contributed by atoms with van der Waals surface area (Å²) in [7, 11) is 0. The van der Waals surface area contributed by atoms with Gasteiger partial charge in [-0.3, -0.25) is 23.3 Å². The molecule has 1 N–H and O–H groups in total. The van der Waals surface area contributed by atoms with Crippen molar-refractivity contribution >= 4 is 16.9 Å². The molecule has 0 saturated carbocycles. The summed E-state index contributed by atoms with van der Waals surface area (Å²) in [6.07, 6.45) is 2.70. The van der Waals surface area contributed by atoms with Crippen LogP contribution in [-0.4, -0.2) is 42.6 Å². The third-order valence-corrected chi connectivity index (χ3v) is 6.44. The predicted molar refractivity (Wildman–Crippen MR) is 128 cm³/mol. The number of carbonyl (C=O) groups is 1. The maximum atomic E-state index is 13.0. The molecule has 34 heavy (non-hydrogen) atoms. The topological polar surface area (TPSA) is 102 Å². The Kier molecular flexibility index (Phi) is 5.75. The van der Waals surface area contributed by atoms with Crippen LogP contribution < -0.4 is 16.9 Å². The highest BCUT2D eigenvalue weighted by molar-refractivity contribution is 5.76. The van der Waals surface area contributed by atoms with Gasteiger partial charge in [0.1, 0.15) is 6.54 Å². The summed E-state index contributed by atoms with van der Waals surface area (Å²) in [5.41, 5.74) is 1.41. The number of rotatable bonds is 5. The van der Waals surface area contributed by atoms with Crippen LogP contribution in [0, 0.1) is 0 Å². The first-order valence-corrected chi connectivity index (χ1v) is 11.3. The van der Waals surface area contributed by atoms with Crippen LogP contribution in [0.4, 0.5) is 0 Å². The summed E-state index contributed by atoms with van der Waals surface area (Å²) >= 11 is 0. The van der Waals surface area contributed by atoms with E-state index in [9.17, 15) is 19.2 Å². The number of piperidine rings is 1. The van der Waals surface area contributed by atoms with Gasteiger partial charge in [0.2, 0.25) is 5.91 Å². The first kappa shape index (κ1) is 21.7. The Bertz CT molecular complexity index is 1500. The Morgan fingerprint density at radius 2 is 1.62 bits per heavy atom. The molecule has 174 valence electrons. The Morgan fingerprint density at radius 3 is 2.38 bits per heavy atom. The number of H-pyrrole nitrogens is 1. The molecule has 1 aliphatic heterocycles. The highest BCUT2D eigenvalue weighted by Crippen LogP contribution is 2.24. The molecule has 0 spiro atoms. The quantitative estimate of drug-likeness (QED) is 0.489. The monoisotopic (exact) mass is 459 g/mol. The average Bonchev–Trinajstić information content (AvgIpc) is 3.20.